The van der Waals surface area contributed by atoms with Gasteiger partial charge in [0.25, 0.3) is 5.69 Å². The molecule has 0 aliphatic carbocycles. The number of carbonyl (C=O) groups is 1. The number of aromatic nitrogens is 1. The van der Waals surface area contributed by atoms with Crippen molar-refractivity contribution in [2.24, 2.45) is 5.92 Å². The number of nitro groups is 1. The van der Waals surface area contributed by atoms with Crippen LogP contribution in [-0.4, -0.2) is 35.6 Å². The number of non-ortho nitro benzene ring substituents is 1. The Kier molecular flexibility index (Phi) is 6.01. The number of pyridine rings is 1. The molecule has 0 atom stereocenters. The third-order valence-corrected chi connectivity index (χ3v) is 4.79. The van der Waals surface area contributed by atoms with Crippen LogP contribution >= 0.6 is 0 Å². The zero-order valence-electron chi connectivity index (χ0n) is 15.3. The quantitative estimate of drug-likeness (QED) is 0.437. The molecule has 0 amide bonds. The van der Waals surface area contributed by atoms with E-state index in [2.05, 4.69) is 4.90 Å². The van der Waals surface area contributed by atoms with Crippen molar-refractivity contribution in [2.45, 2.75) is 26.2 Å². The smallest absolute Gasteiger partial charge is 0.306 e. The van der Waals surface area contributed by atoms with Crippen LogP contribution in [-0.2, 0) is 9.53 Å². The highest BCUT2D eigenvalue weighted by Gasteiger charge is 2.23. The molecule has 0 spiro atoms. The van der Waals surface area contributed by atoms with Crippen molar-refractivity contribution >= 4 is 17.5 Å². The average Bonchev–Trinajstić information content (AvgIpc) is 2.69. The molecule has 0 bridgehead atoms. The van der Waals surface area contributed by atoms with Crippen molar-refractivity contribution in [1.29, 1.82) is 0 Å². The van der Waals surface area contributed by atoms with Gasteiger partial charge in [-0.15, -0.1) is 0 Å². The molecule has 142 valence electrons. The number of esters is 1. The molecule has 27 heavy (non-hydrogen) atoms. The van der Waals surface area contributed by atoms with Crippen molar-refractivity contribution in [3.63, 3.8) is 0 Å². The van der Waals surface area contributed by atoms with Gasteiger partial charge in [-0.1, -0.05) is 18.2 Å². The summed E-state index contributed by atoms with van der Waals surface area (Å²) < 4.78 is 5.03. The Bertz CT molecular complexity index is 816. The summed E-state index contributed by atoms with van der Waals surface area (Å²) in [7, 11) is 0. The van der Waals surface area contributed by atoms with E-state index in [-0.39, 0.29) is 11.7 Å². The molecular formula is C20H23N3O4. The summed E-state index contributed by atoms with van der Waals surface area (Å²) in [4.78, 5) is 29.1. The van der Waals surface area contributed by atoms with E-state index in [9.17, 15) is 14.9 Å². The minimum absolute atomic E-state index is 0.0551. The summed E-state index contributed by atoms with van der Waals surface area (Å²) in [5.74, 6) is 1.08. The molecule has 7 heteroatoms. The summed E-state index contributed by atoms with van der Waals surface area (Å²) in [5, 5.41) is 11.0. The normalized spacial score (nSPS) is 14.8. The molecule has 3 rings (SSSR count). The highest BCUT2D eigenvalue weighted by molar-refractivity contribution is 5.69. The topological polar surface area (TPSA) is 85.6 Å². The van der Waals surface area contributed by atoms with Crippen molar-refractivity contribution in [3.8, 4) is 11.3 Å². The van der Waals surface area contributed by atoms with Gasteiger partial charge in [0.2, 0.25) is 0 Å². The Morgan fingerprint density at radius 2 is 2.00 bits per heavy atom. The lowest BCUT2D eigenvalue weighted by molar-refractivity contribution is -0.384. The number of piperidine rings is 1. The first-order valence-corrected chi connectivity index (χ1v) is 9.19. The van der Waals surface area contributed by atoms with Gasteiger partial charge in [-0.2, -0.15) is 0 Å². The van der Waals surface area contributed by atoms with Crippen LogP contribution in [0.1, 0.15) is 26.2 Å². The summed E-state index contributed by atoms with van der Waals surface area (Å²) in [6, 6.07) is 12.2. The van der Waals surface area contributed by atoms with E-state index in [0.717, 1.165) is 37.3 Å². The van der Waals surface area contributed by atoms with Crippen LogP contribution in [0.5, 0.6) is 0 Å². The molecule has 1 aliphatic rings. The van der Waals surface area contributed by atoms with Gasteiger partial charge in [-0.05, 0) is 37.8 Å². The highest BCUT2D eigenvalue weighted by atomic mass is 16.6. The maximum atomic E-state index is 11.6. The van der Waals surface area contributed by atoms with Gasteiger partial charge in [0, 0.05) is 37.2 Å². The second kappa shape index (κ2) is 8.62. The Morgan fingerprint density at radius 1 is 1.26 bits per heavy atom. The minimum atomic E-state index is -0.401. The van der Waals surface area contributed by atoms with Crippen LogP contribution in [0.2, 0.25) is 0 Å². The van der Waals surface area contributed by atoms with E-state index < -0.39 is 4.92 Å². The Labute approximate surface area is 158 Å². The molecule has 2 aromatic rings. The Balaban J connectivity index is 1.67. The molecule has 0 N–H and O–H groups in total. The van der Waals surface area contributed by atoms with Crippen LogP contribution < -0.4 is 4.90 Å². The Hall–Kier alpha value is -2.96. The lowest BCUT2D eigenvalue weighted by Crippen LogP contribution is -2.35. The van der Waals surface area contributed by atoms with E-state index in [4.69, 9.17) is 9.72 Å². The molecule has 0 radical (unpaired) electrons. The second-order valence-electron chi connectivity index (χ2n) is 6.63. The first-order valence-electron chi connectivity index (χ1n) is 9.19. The maximum Gasteiger partial charge on any atom is 0.306 e. The molecule has 1 fully saturated rings. The summed E-state index contributed by atoms with van der Waals surface area (Å²) in [5.41, 5.74) is 1.49. The van der Waals surface area contributed by atoms with Crippen molar-refractivity contribution in [2.75, 3.05) is 24.6 Å². The third-order valence-electron chi connectivity index (χ3n) is 4.79. The minimum Gasteiger partial charge on any atom is -0.466 e. The largest absolute Gasteiger partial charge is 0.466 e. The maximum absolute atomic E-state index is 11.6. The van der Waals surface area contributed by atoms with Gasteiger partial charge in [-0.3, -0.25) is 14.9 Å². The predicted octanol–water partition coefficient (Wildman–Crippen LogP) is 3.83. The van der Waals surface area contributed by atoms with Gasteiger partial charge in [0.15, 0.2) is 0 Å². The highest BCUT2D eigenvalue weighted by Crippen LogP contribution is 2.27. The molecular weight excluding hydrogens is 346 g/mol. The van der Waals surface area contributed by atoms with Crippen molar-refractivity contribution in [3.05, 3.63) is 52.6 Å². The number of benzene rings is 1. The number of carbonyl (C=O) groups excluding carboxylic acids is 1. The fourth-order valence-corrected chi connectivity index (χ4v) is 3.36. The summed E-state index contributed by atoms with van der Waals surface area (Å²) >= 11 is 0. The zero-order chi connectivity index (χ0) is 19.2. The van der Waals surface area contributed by atoms with Crippen LogP contribution in [0.25, 0.3) is 11.3 Å². The molecule has 1 aromatic heterocycles. The average molecular weight is 369 g/mol. The number of hydrogen-bond acceptors (Lipinski definition) is 6. The lowest BCUT2D eigenvalue weighted by atomic mass is 9.93. The zero-order valence-corrected chi connectivity index (χ0v) is 15.3. The first-order chi connectivity index (χ1) is 13.1. The van der Waals surface area contributed by atoms with Gasteiger partial charge < -0.3 is 9.64 Å². The monoisotopic (exact) mass is 369 g/mol. The van der Waals surface area contributed by atoms with Crippen molar-refractivity contribution in [1.82, 2.24) is 4.98 Å². The number of nitrogens with zero attached hydrogens (tertiary/aromatic N) is 3. The van der Waals surface area contributed by atoms with Gasteiger partial charge in [0.1, 0.15) is 5.82 Å². The van der Waals surface area contributed by atoms with Crippen molar-refractivity contribution < 1.29 is 14.5 Å². The number of anilines is 1. The fourth-order valence-electron chi connectivity index (χ4n) is 3.36. The SMILES string of the molecule is CCOC(=O)CC1CCN(c2cccc(-c3cccc([N+](=O)[O-])c3)n2)CC1. The second-order valence-corrected chi connectivity index (χ2v) is 6.63. The lowest BCUT2D eigenvalue weighted by Gasteiger charge is -2.32. The van der Waals surface area contributed by atoms with Gasteiger partial charge in [-0.25, -0.2) is 4.98 Å². The van der Waals surface area contributed by atoms with Gasteiger partial charge in [0.05, 0.1) is 17.2 Å². The third kappa shape index (κ3) is 4.81. The van der Waals surface area contributed by atoms with E-state index in [0.29, 0.717) is 24.6 Å². The molecule has 2 heterocycles. The van der Waals surface area contributed by atoms with E-state index >= 15 is 0 Å². The first kappa shape index (κ1) is 18.8. The van der Waals surface area contributed by atoms with Crippen LogP contribution in [0.4, 0.5) is 11.5 Å². The van der Waals surface area contributed by atoms with Crippen LogP contribution in [0.15, 0.2) is 42.5 Å². The molecule has 0 unspecified atom stereocenters. The van der Waals surface area contributed by atoms with E-state index in [1.165, 1.54) is 12.1 Å². The van der Waals surface area contributed by atoms with Gasteiger partial charge >= 0.3 is 5.97 Å². The molecule has 7 nitrogen and oxygen atoms in total. The van der Waals surface area contributed by atoms with E-state index in [1.807, 2.05) is 31.2 Å². The molecule has 0 saturated carbocycles. The van der Waals surface area contributed by atoms with Crippen LogP contribution in [0, 0.1) is 16.0 Å². The molecule has 1 aliphatic heterocycles. The standard InChI is InChI=1S/C20H23N3O4/c1-2-27-20(24)13-15-9-11-22(12-10-15)19-8-4-7-18(21-19)16-5-3-6-17(14-16)23(25)26/h3-8,14-15H,2,9-13H2,1H3. The fraction of sp³-hybridized carbons (Fsp3) is 0.400. The Morgan fingerprint density at radius 3 is 2.70 bits per heavy atom. The molecule has 1 aromatic carbocycles. The van der Waals surface area contributed by atoms with E-state index in [1.54, 1.807) is 6.07 Å². The van der Waals surface area contributed by atoms with Crippen LogP contribution in [0.3, 0.4) is 0 Å². The predicted molar refractivity (Wildman–Crippen MR) is 103 cm³/mol. The molecule has 1 saturated heterocycles. The summed E-state index contributed by atoms with van der Waals surface area (Å²) in [6.07, 6.45) is 2.31. The number of nitro benzene ring substituents is 1. The number of ether oxygens (including phenoxy) is 1. The number of hydrogen-bond donors (Lipinski definition) is 0. The summed E-state index contributed by atoms with van der Waals surface area (Å²) in [6.45, 7) is 3.90. The number of rotatable bonds is 6.